The lowest BCUT2D eigenvalue weighted by Gasteiger charge is -2.21. The lowest BCUT2D eigenvalue weighted by Crippen LogP contribution is -2.43. The van der Waals surface area contributed by atoms with E-state index in [9.17, 15) is 10.1 Å². The van der Waals surface area contributed by atoms with Crippen molar-refractivity contribution in [2.24, 2.45) is 0 Å². The van der Waals surface area contributed by atoms with Gasteiger partial charge in [-0.3, -0.25) is 4.79 Å². The molecule has 0 radical (unpaired) electrons. The van der Waals surface area contributed by atoms with E-state index in [1.54, 1.807) is 21.8 Å². The molecule has 158 valence electrons. The van der Waals surface area contributed by atoms with Gasteiger partial charge in [0, 0.05) is 29.4 Å². The average Bonchev–Trinajstić information content (AvgIpc) is 3.62. The van der Waals surface area contributed by atoms with Crippen molar-refractivity contribution in [2.45, 2.75) is 37.4 Å². The molecule has 2 fully saturated rings. The fourth-order valence-corrected chi connectivity index (χ4v) is 4.97. The van der Waals surface area contributed by atoms with Crippen LogP contribution in [0, 0.1) is 11.5 Å². The van der Waals surface area contributed by atoms with Crippen molar-refractivity contribution in [3.63, 3.8) is 0 Å². The smallest absolute Gasteiger partial charge is 0.251 e. The van der Waals surface area contributed by atoms with E-state index in [0.717, 1.165) is 30.2 Å². The first-order valence-electron chi connectivity index (χ1n) is 10.7. The summed E-state index contributed by atoms with van der Waals surface area (Å²) >= 11 is 0. The van der Waals surface area contributed by atoms with Gasteiger partial charge in [0.05, 0.1) is 23.8 Å². The van der Waals surface area contributed by atoms with Crippen LogP contribution in [-0.2, 0) is 0 Å². The molecule has 4 aromatic rings. The Morgan fingerprint density at radius 3 is 2.84 bits per heavy atom. The normalized spacial score (nSPS) is 21.7. The third-order valence-electron chi connectivity index (χ3n) is 6.47. The van der Waals surface area contributed by atoms with Gasteiger partial charge in [-0.25, -0.2) is 14.3 Å². The molecule has 0 spiro atoms. The minimum atomic E-state index is -0.117. The van der Waals surface area contributed by atoms with Crippen molar-refractivity contribution in [3.05, 3.63) is 66.6 Å². The Labute approximate surface area is 183 Å². The standard InChI is InChI=1S/C23H20N8O/c24-14-29-17-6-8-20(29)18(12-17)27-23(32)15-5-7-19-16(11-15)13-26-31(19)22-4-1-3-21(28-22)30-10-2-9-25-30/h1-5,7,9-11,13,17-18,20H,6,8,12H2,(H,27,32)/t17-,18+,20+/m0/s1. The number of hydrogen-bond acceptors (Lipinski definition) is 6. The van der Waals surface area contributed by atoms with Gasteiger partial charge in [0.2, 0.25) is 0 Å². The Hall–Kier alpha value is -4.19. The van der Waals surface area contributed by atoms with Gasteiger partial charge in [-0.05, 0) is 55.7 Å². The number of nitrogens with one attached hydrogen (secondary N) is 1. The number of pyridine rings is 1. The number of rotatable bonds is 4. The van der Waals surface area contributed by atoms with E-state index in [4.69, 9.17) is 0 Å². The molecule has 1 aromatic carbocycles. The molecule has 2 bridgehead atoms. The van der Waals surface area contributed by atoms with Crippen molar-refractivity contribution in [2.75, 3.05) is 0 Å². The molecule has 9 heteroatoms. The summed E-state index contributed by atoms with van der Waals surface area (Å²) in [5.41, 5.74) is 1.45. The molecule has 3 aromatic heterocycles. The van der Waals surface area contributed by atoms with Gasteiger partial charge in [-0.2, -0.15) is 15.5 Å². The molecular formula is C23H20N8O. The van der Waals surface area contributed by atoms with Gasteiger partial charge in [-0.1, -0.05) is 6.07 Å². The highest BCUT2D eigenvalue weighted by molar-refractivity contribution is 5.98. The summed E-state index contributed by atoms with van der Waals surface area (Å²) < 4.78 is 3.45. The van der Waals surface area contributed by atoms with Crippen LogP contribution < -0.4 is 5.32 Å². The monoisotopic (exact) mass is 424 g/mol. The molecule has 5 heterocycles. The quantitative estimate of drug-likeness (QED) is 0.505. The summed E-state index contributed by atoms with van der Waals surface area (Å²) in [6.07, 6.45) is 10.4. The molecule has 1 amide bonds. The summed E-state index contributed by atoms with van der Waals surface area (Å²) in [7, 11) is 0. The number of hydrogen-bond donors (Lipinski definition) is 1. The van der Waals surface area contributed by atoms with E-state index in [1.165, 1.54) is 0 Å². The topological polar surface area (TPSA) is 105 Å². The summed E-state index contributed by atoms with van der Waals surface area (Å²) in [5.74, 6) is 1.25. The summed E-state index contributed by atoms with van der Waals surface area (Å²) in [6.45, 7) is 0. The van der Waals surface area contributed by atoms with E-state index in [-0.39, 0.29) is 24.0 Å². The summed E-state index contributed by atoms with van der Waals surface area (Å²) in [4.78, 5) is 19.4. The molecule has 1 N–H and O–H groups in total. The number of amides is 1. The second-order valence-electron chi connectivity index (χ2n) is 8.26. The zero-order chi connectivity index (χ0) is 21.7. The fourth-order valence-electron chi connectivity index (χ4n) is 4.97. The molecule has 3 atom stereocenters. The zero-order valence-corrected chi connectivity index (χ0v) is 17.2. The lowest BCUT2D eigenvalue weighted by molar-refractivity contribution is 0.0928. The van der Waals surface area contributed by atoms with Gasteiger partial charge >= 0.3 is 0 Å². The molecule has 2 saturated heterocycles. The minimum Gasteiger partial charge on any atom is -0.347 e. The van der Waals surface area contributed by atoms with Crippen LogP contribution in [0.3, 0.4) is 0 Å². The molecule has 6 rings (SSSR count). The van der Waals surface area contributed by atoms with E-state index >= 15 is 0 Å². The minimum absolute atomic E-state index is 0.0218. The Kier molecular flexibility index (Phi) is 4.18. The van der Waals surface area contributed by atoms with E-state index in [1.807, 2.05) is 53.6 Å². The van der Waals surface area contributed by atoms with Crippen molar-refractivity contribution in [1.82, 2.24) is 34.8 Å². The van der Waals surface area contributed by atoms with Crippen LogP contribution in [0.1, 0.15) is 29.6 Å². The number of benzene rings is 1. The van der Waals surface area contributed by atoms with Gasteiger partial charge in [0.25, 0.3) is 5.91 Å². The highest BCUT2D eigenvalue weighted by Gasteiger charge is 2.46. The number of aromatic nitrogens is 5. The van der Waals surface area contributed by atoms with Crippen molar-refractivity contribution < 1.29 is 4.79 Å². The third-order valence-corrected chi connectivity index (χ3v) is 6.47. The highest BCUT2D eigenvalue weighted by atomic mass is 16.1. The Bertz CT molecular complexity index is 1350. The van der Waals surface area contributed by atoms with Crippen LogP contribution in [0.15, 0.2) is 61.1 Å². The first kappa shape index (κ1) is 18.6. The van der Waals surface area contributed by atoms with Crippen LogP contribution in [0.4, 0.5) is 0 Å². The Morgan fingerprint density at radius 2 is 2.03 bits per heavy atom. The van der Waals surface area contributed by atoms with Crippen LogP contribution in [0.5, 0.6) is 0 Å². The van der Waals surface area contributed by atoms with E-state index < -0.39 is 0 Å². The maximum absolute atomic E-state index is 12.9. The number of nitriles is 1. The fraction of sp³-hybridized carbons (Fsp3) is 0.261. The van der Waals surface area contributed by atoms with Crippen LogP contribution in [0.2, 0.25) is 0 Å². The third kappa shape index (κ3) is 2.92. The van der Waals surface area contributed by atoms with Crippen LogP contribution >= 0.6 is 0 Å². The molecular weight excluding hydrogens is 404 g/mol. The molecule has 32 heavy (non-hydrogen) atoms. The van der Waals surface area contributed by atoms with Gasteiger partial charge < -0.3 is 10.2 Å². The number of nitrogens with zero attached hydrogens (tertiary/aromatic N) is 7. The Morgan fingerprint density at radius 1 is 1.12 bits per heavy atom. The molecule has 0 saturated carbocycles. The maximum atomic E-state index is 12.9. The number of fused-ring (bicyclic) bond motifs is 3. The predicted molar refractivity (Wildman–Crippen MR) is 116 cm³/mol. The number of carbonyl (C=O) groups is 1. The maximum Gasteiger partial charge on any atom is 0.251 e. The van der Waals surface area contributed by atoms with Crippen molar-refractivity contribution in [3.8, 4) is 17.8 Å². The van der Waals surface area contributed by atoms with E-state index in [2.05, 4.69) is 26.7 Å². The lowest BCUT2D eigenvalue weighted by atomic mass is 9.95. The van der Waals surface area contributed by atoms with Crippen LogP contribution in [-0.4, -0.2) is 53.5 Å². The molecule has 0 aliphatic carbocycles. The Balaban J connectivity index is 1.26. The summed E-state index contributed by atoms with van der Waals surface area (Å²) in [6, 6.07) is 13.5. The first-order chi connectivity index (χ1) is 15.7. The van der Waals surface area contributed by atoms with Gasteiger partial charge in [0.15, 0.2) is 17.8 Å². The largest absolute Gasteiger partial charge is 0.347 e. The van der Waals surface area contributed by atoms with Crippen molar-refractivity contribution >= 4 is 16.8 Å². The summed E-state index contributed by atoms with van der Waals surface area (Å²) in [5, 5.41) is 22.1. The molecule has 2 aliphatic rings. The predicted octanol–water partition coefficient (Wildman–Crippen LogP) is 2.42. The van der Waals surface area contributed by atoms with Gasteiger partial charge in [-0.15, -0.1) is 0 Å². The highest BCUT2D eigenvalue weighted by Crippen LogP contribution is 2.37. The van der Waals surface area contributed by atoms with E-state index in [0.29, 0.717) is 17.2 Å². The average molecular weight is 424 g/mol. The number of carbonyl (C=O) groups excluding carboxylic acids is 1. The van der Waals surface area contributed by atoms with Crippen LogP contribution in [0.25, 0.3) is 22.5 Å². The second kappa shape index (κ2) is 7.20. The van der Waals surface area contributed by atoms with Gasteiger partial charge in [0.1, 0.15) is 0 Å². The second-order valence-corrected chi connectivity index (χ2v) is 8.26. The SMILES string of the molecule is N#CN1[C@H]2CC[C@@H]1[C@H](NC(=O)c1ccc3c(cnn3-c3cccc(-n4cccn4)n3)c1)C2. The zero-order valence-electron chi connectivity index (χ0n) is 17.2. The molecule has 9 nitrogen and oxygen atoms in total. The first-order valence-corrected chi connectivity index (χ1v) is 10.7. The van der Waals surface area contributed by atoms with Crippen molar-refractivity contribution in [1.29, 1.82) is 5.26 Å². The molecule has 0 unspecified atom stereocenters. The molecule has 2 aliphatic heterocycles.